The molecule has 0 aliphatic carbocycles. The van der Waals surface area contributed by atoms with Crippen LogP contribution in [-0.4, -0.2) is 19.1 Å². The number of piperidine rings is 1. The molecule has 0 bridgehead atoms. The number of rotatable bonds is 3. The van der Waals surface area contributed by atoms with Crippen LogP contribution in [0.1, 0.15) is 32.3 Å². The maximum atomic E-state index is 11.9. The van der Waals surface area contributed by atoms with E-state index < -0.39 is 5.60 Å². The molecule has 1 aliphatic rings. The quantitative estimate of drug-likeness (QED) is 0.834. The van der Waals surface area contributed by atoms with Gasteiger partial charge in [-0.05, 0) is 18.7 Å². The molecule has 1 saturated heterocycles. The van der Waals surface area contributed by atoms with E-state index in [2.05, 4.69) is 17.4 Å². The molecule has 0 amide bonds. The number of hydrogen-bond donors (Lipinski definition) is 1. The van der Waals surface area contributed by atoms with Gasteiger partial charge in [-0.25, -0.2) is 0 Å². The first-order chi connectivity index (χ1) is 8.64. The van der Waals surface area contributed by atoms with Crippen molar-refractivity contribution in [2.45, 2.75) is 32.3 Å². The minimum atomic E-state index is -0.437. The second kappa shape index (κ2) is 5.53. The second-order valence-electron chi connectivity index (χ2n) is 5.19. The van der Waals surface area contributed by atoms with Gasteiger partial charge in [0.15, 0.2) is 0 Å². The highest BCUT2D eigenvalue weighted by molar-refractivity contribution is 5.72. The van der Waals surface area contributed by atoms with Gasteiger partial charge in [0.05, 0.1) is 5.92 Å². The number of hydrogen-bond acceptors (Lipinski definition) is 3. The van der Waals surface area contributed by atoms with Crippen LogP contribution >= 0.6 is 0 Å². The molecule has 0 atom stereocenters. The fourth-order valence-corrected chi connectivity index (χ4v) is 2.33. The molecule has 1 aromatic rings. The van der Waals surface area contributed by atoms with Gasteiger partial charge >= 0.3 is 5.97 Å². The number of ether oxygens (including phenoxy) is 1. The van der Waals surface area contributed by atoms with Crippen LogP contribution in [0.2, 0.25) is 0 Å². The lowest BCUT2D eigenvalue weighted by Gasteiger charge is -2.38. The third-order valence-corrected chi connectivity index (χ3v) is 3.48. The van der Waals surface area contributed by atoms with Crippen LogP contribution in [0.15, 0.2) is 30.3 Å². The van der Waals surface area contributed by atoms with Crippen molar-refractivity contribution in [1.29, 1.82) is 0 Å². The fourth-order valence-electron chi connectivity index (χ4n) is 2.33. The van der Waals surface area contributed by atoms with E-state index in [1.807, 2.05) is 32.0 Å². The summed E-state index contributed by atoms with van der Waals surface area (Å²) in [4.78, 5) is 11.9. The first-order valence-corrected chi connectivity index (χ1v) is 6.63. The van der Waals surface area contributed by atoms with Crippen molar-refractivity contribution >= 4 is 5.97 Å². The van der Waals surface area contributed by atoms with Gasteiger partial charge in [-0.15, -0.1) is 0 Å². The van der Waals surface area contributed by atoms with E-state index in [0.29, 0.717) is 0 Å². The number of esters is 1. The smallest absolute Gasteiger partial charge is 0.309 e. The predicted octanol–water partition coefficient (Wildman–Crippen LogP) is 2.46. The molecule has 0 spiro atoms. The van der Waals surface area contributed by atoms with Crippen LogP contribution in [0, 0.1) is 5.92 Å². The SMILES string of the molecule is CC(C)C(=O)OC1(c2ccccc2)CCNCC1. The van der Waals surface area contributed by atoms with E-state index in [4.69, 9.17) is 4.74 Å². The Morgan fingerprint density at radius 1 is 1.22 bits per heavy atom. The maximum Gasteiger partial charge on any atom is 0.309 e. The zero-order valence-electron chi connectivity index (χ0n) is 11.1. The minimum Gasteiger partial charge on any atom is -0.454 e. The Hall–Kier alpha value is -1.35. The monoisotopic (exact) mass is 247 g/mol. The van der Waals surface area contributed by atoms with Crippen molar-refractivity contribution in [3.8, 4) is 0 Å². The van der Waals surface area contributed by atoms with Crippen molar-refractivity contribution in [2.75, 3.05) is 13.1 Å². The van der Waals surface area contributed by atoms with E-state index in [-0.39, 0.29) is 11.9 Å². The molecule has 1 aromatic carbocycles. The van der Waals surface area contributed by atoms with Gasteiger partial charge in [0.1, 0.15) is 5.60 Å². The van der Waals surface area contributed by atoms with Crippen molar-refractivity contribution in [1.82, 2.24) is 5.32 Å². The standard InChI is InChI=1S/C15H21NO2/c1-12(2)14(17)18-15(8-10-16-11-9-15)13-6-4-3-5-7-13/h3-7,12,16H,8-11H2,1-2H3. The molecular weight excluding hydrogens is 226 g/mol. The summed E-state index contributed by atoms with van der Waals surface area (Å²) in [7, 11) is 0. The Bertz CT molecular complexity index is 394. The lowest BCUT2D eigenvalue weighted by atomic mass is 9.84. The predicted molar refractivity (Wildman–Crippen MR) is 71.2 cm³/mol. The normalized spacial score (nSPS) is 18.6. The lowest BCUT2D eigenvalue weighted by Crippen LogP contribution is -2.43. The van der Waals surface area contributed by atoms with Gasteiger partial charge in [-0.1, -0.05) is 44.2 Å². The highest BCUT2D eigenvalue weighted by Crippen LogP contribution is 2.35. The van der Waals surface area contributed by atoms with E-state index in [1.165, 1.54) is 0 Å². The summed E-state index contributed by atoms with van der Waals surface area (Å²) in [6, 6.07) is 10.1. The fraction of sp³-hybridized carbons (Fsp3) is 0.533. The number of carbonyl (C=O) groups is 1. The highest BCUT2D eigenvalue weighted by atomic mass is 16.6. The minimum absolute atomic E-state index is 0.0829. The van der Waals surface area contributed by atoms with Crippen LogP contribution in [0.4, 0.5) is 0 Å². The van der Waals surface area contributed by atoms with Crippen molar-refractivity contribution in [2.24, 2.45) is 5.92 Å². The summed E-state index contributed by atoms with van der Waals surface area (Å²) in [5.74, 6) is -0.193. The van der Waals surface area contributed by atoms with Crippen LogP contribution in [0.25, 0.3) is 0 Å². The molecule has 1 N–H and O–H groups in total. The largest absolute Gasteiger partial charge is 0.454 e. The van der Waals surface area contributed by atoms with Crippen LogP contribution in [0.3, 0.4) is 0 Å². The average Bonchev–Trinajstić information content (AvgIpc) is 2.40. The first kappa shape index (κ1) is 13.1. The molecule has 18 heavy (non-hydrogen) atoms. The van der Waals surface area contributed by atoms with Crippen LogP contribution < -0.4 is 5.32 Å². The van der Waals surface area contributed by atoms with E-state index in [9.17, 15) is 4.79 Å². The van der Waals surface area contributed by atoms with E-state index in [0.717, 1.165) is 31.5 Å². The number of nitrogens with one attached hydrogen (secondary N) is 1. The van der Waals surface area contributed by atoms with Crippen molar-refractivity contribution < 1.29 is 9.53 Å². The topological polar surface area (TPSA) is 38.3 Å². The van der Waals surface area contributed by atoms with Crippen molar-refractivity contribution in [3.05, 3.63) is 35.9 Å². The molecule has 0 radical (unpaired) electrons. The van der Waals surface area contributed by atoms with Crippen molar-refractivity contribution in [3.63, 3.8) is 0 Å². The summed E-state index contributed by atoms with van der Waals surface area (Å²) in [5, 5.41) is 3.32. The third-order valence-electron chi connectivity index (χ3n) is 3.48. The first-order valence-electron chi connectivity index (χ1n) is 6.63. The molecule has 3 heteroatoms. The highest BCUT2D eigenvalue weighted by Gasteiger charge is 2.38. The van der Waals surface area contributed by atoms with E-state index in [1.54, 1.807) is 0 Å². The zero-order chi connectivity index (χ0) is 13.0. The third kappa shape index (κ3) is 2.72. The molecule has 0 unspecified atom stereocenters. The molecule has 0 aromatic heterocycles. The Kier molecular flexibility index (Phi) is 4.02. The molecule has 0 saturated carbocycles. The summed E-state index contributed by atoms with van der Waals surface area (Å²) < 4.78 is 5.85. The lowest BCUT2D eigenvalue weighted by molar-refractivity contribution is -0.168. The molecule has 1 heterocycles. The van der Waals surface area contributed by atoms with Gasteiger partial charge in [0.25, 0.3) is 0 Å². The van der Waals surface area contributed by atoms with Gasteiger partial charge < -0.3 is 10.1 Å². The summed E-state index contributed by atoms with van der Waals surface area (Å²) in [6.07, 6.45) is 1.69. The molecule has 3 nitrogen and oxygen atoms in total. The van der Waals surface area contributed by atoms with Crippen LogP contribution in [0.5, 0.6) is 0 Å². The van der Waals surface area contributed by atoms with Gasteiger partial charge in [-0.2, -0.15) is 0 Å². The molecule has 1 aliphatic heterocycles. The molecule has 98 valence electrons. The van der Waals surface area contributed by atoms with E-state index >= 15 is 0 Å². The Morgan fingerprint density at radius 3 is 2.39 bits per heavy atom. The van der Waals surface area contributed by atoms with Crippen LogP contribution in [-0.2, 0) is 15.1 Å². The maximum absolute atomic E-state index is 11.9. The van der Waals surface area contributed by atoms with Gasteiger partial charge in [-0.3, -0.25) is 4.79 Å². The summed E-state index contributed by atoms with van der Waals surface area (Å²) in [5.41, 5.74) is 0.675. The summed E-state index contributed by atoms with van der Waals surface area (Å²) >= 11 is 0. The second-order valence-corrected chi connectivity index (χ2v) is 5.19. The number of carbonyl (C=O) groups excluding carboxylic acids is 1. The Balaban J connectivity index is 2.26. The Morgan fingerprint density at radius 2 is 1.83 bits per heavy atom. The molecule has 2 rings (SSSR count). The Labute approximate surface area is 109 Å². The zero-order valence-corrected chi connectivity index (χ0v) is 11.1. The number of benzene rings is 1. The average molecular weight is 247 g/mol. The van der Waals surface area contributed by atoms with Gasteiger partial charge in [0, 0.05) is 12.8 Å². The molecular formula is C15H21NO2. The molecule has 1 fully saturated rings. The van der Waals surface area contributed by atoms with Gasteiger partial charge in [0.2, 0.25) is 0 Å². The summed E-state index contributed by atoms with van der Waals surface area (Å²) in [6.45, 7) is 5.53.